The topological polar surface area (TPSA) is 12.0 Å². The number of hydrogen-bond acceptors (Lipinski definition) is 1. The summed E-state index contributed by atoms with van der Waals surface area (Å²) in [7, 11) is 0. The summed E-state index contributed by atoms with van der Waals surface area (Å²) in [5, 5.41) is 3.71. The molecule has 0 saturated carbocycles. The summed E-state index contributed by atoms with van der Waals surface area (Å²) < 4.78 is 0. The first kappa shape index (κ1) is 17.2. The minimum Gasteiger partial charge on any atom is -0.312 e. The molecule has 0 aliphatic rings. The molecule has 0 spiro atoms. The van der Waals surface area contributed by atoms with Crippen molar-refractivity contribution in [1.82, 2.24) is 5.32 Å². The first-order valence-corrected chi connectivity index (χ1v) is 8.16. The van der Waals surface area contributed by atoms with Crippen molar-refractivity contribution in [2.24, 2.45) is 11.8 Å². The van der Waals surface area contributed by atoms with Crippen LogP contribution >= 0.6 is 0 Å². The van der Waals surface area contributed by atoms with Crippen molar-refractivity contribution in [3.63, 3.8) is 0 Å². The lowest BCUT2D eigenvalue weighted by Crippen LogP contribution is -2.41. The molecule has 0 radical (unpaired) electrons. The van der Waals surface area contributed by atoms with Crippen molar-refractivity contribution in [3.05, 3.63) is 35.4 Å². The Morgan fingerprint density at radius 1 is 1.00 bits per heavy atom. The van der Waals surface area contributed by atoms with Crippen molar-refractivity contribution in [2.75, 3.05) is 6.54 Å². The summed E-state index contributed by atoms with van der Waals surface area (Å²) in [6.07, 6.45) is 3.75. The zero-order valence-corrected chi connectivity index (χ0v) is 14.3. The molecule has 1 nitrogen and oxygen atoms in total. The average molecular weight is 275 g/mol. The van der Waals surface area contributed by atoms with E-state index in [2.05, 4.69) is 71.1 Å². The third kappa shape index (κ3) is 5.66. The Hall–Kier alpha value is -0.820. The number of hydrogen-bond donors (Lipinski definition) is 1. The van der Waals surface area contributed by atoms with Crippen LogP contribution in [0.15, 0.2) is 24.3 Å². The minimum atomic E-state index is 0.204. The van der Waals surface area contributed by atoms with E-state index in [9.17, 15) is 0 Å². The Labute approximate surface area is 126 Å². The van der Waals surface area contributed by atoms with Gasteiger partial charge in [-0.2, -0.15) is 0 Å². The van der Waals surface area contributed by atoms with Gasteiger partial charge in [-0.05, 0) is 63.6 Å². The second-order valence-corrected chi connectivity index (χ2v) is 7.10. The van der Waals surface area contributed by atoms with Crippen LogP contribution in [-0.4, -0.2) is 12.1 Å². The molecule has 0 fully saturated rings. The van der Waals surface area contributed by atoms with Gasteiger partial charge in [0.2, 0.25) is 0 Å². The number of nitrogens with one attached hydrogen (secondary N) is 1. The van der Waals surface area contributed by atoms with Crippen LogP contribution in [0.5, 0.6) is 0 Å². The van der Waals surface area contributed by atoms with E-state index in [1.165, 1.54) is 30.4 Å². The number of benzene rings is 1. The molecule has 20 heavy (non-hydrogen) atoms. The molecule has 0 aliphatic heterocycles. The summed E-state index contributed by atoms with van der Waals surface area (Å²) in [6.45, 7) is 14.8. The Morgan fingerprint density at radius 2 is 1.60 bits per heavy atom. The van der Waals surface area contributed by atoms with E-state index in [1.54, 1.807) is 0 Å². The van der Waals surface area contributed by atoms with E-state index < -0.39 is 0 Å². The van der Waals surface area contributed by atoms with Crippen LogP contribution in [0.4, 0.5) is 0 Å². The fourth-order valence-corrected chi connectivity index (χ4v) is 2.92. The summed E-state index contributed by atoms with van der Waals surface area (Å²) in [5.74, 6) is 1.54. The van der Waals surface area contributed by atoms with Crippen molar-refractivity contribution in [3.8, 4) is 0 Å². The van der Waals surface area contributed by atoms with E-state index in [0.717, 1.165) is 18.4 Å². The van der Waals surface area contributed by atoms with E-state index >= 15 is 0 Å². The smallest absolute Gasteiger partial charge is 0.00966 e. The fourth-order valence-electron chi connectivity index (χ4n) is 2.92. The van der Waals surface area contributed by atoms with Gasteiger partial charge in [0.25, 0.3) is 0 Å². The molecule has 1 aromatic rings. The van der Waals surface area contributed by atoms with Crippen molar-refractivity contribution >= 4 is 0 Å². The zero-order chi connectivity index (χ0) is 15.2. The third-order valence-corrected chi connectivity index (χ3v) is 4.35. The molecule has 1 rings (SSSR count). The molecule has 0 bridgehead atoms. The summed E-state index contributed by atoms with van der Waals surface area (Å²) in [4.78, 5) is 0. The highest BCUT2D eigenvalue weighted by Gasteiger charge is 2.21. The number of aryl methyl sites for hydroxylation is 1. The van der Waals surface area contributed by atoms with Gasteiger partial charge in [0.1, 0.15) is 0 Å². The summed E-state index contributed by atoms with van der Waals surface area (Å²) in [5.41, 5.74) is 3.15. The Bertz CT molecular complexity index is 385. The SMILES string of the molecule is CCC(CC)C(CNC(C)(C)C)Cc1ccccc1C. The zero-order valence-electron chi connectivity index (χ0n) is 14.3. The van der Waals surface area contributed by atoms with Crippen molar-refractivity contribution in [1.29, 1.82) is 0 Å². The molecule has 1 heteroatoms. The normalized spacial score (nSPS) is 13.8. The van der Waals surface area contributed by atoms with Crippen LogP contribution < -0.4 is 5.32 Å². The highest BCUT2D eigenvalue weighted by atomic mass is 14.9. The van der Waals surface area contributed by atoms with Crippen LogP contribution in [0.2, 0.25) is 0 Å². The van der Waals surface area contributed by atoms with Gasteiger partial charge in [-0.1, -0.05) is 51.0 Å². The third-order valence-electron chi connectivity index (χ3n) is 4.35. The Balaban J connectivity index is 2.79. The molecule has 1 unspecified atom stereocenters. The van der Waals surface area contributed by atoms with E-state index in [1.807, 2.05) is 0 Å². The molecular weight excluding hydrogens is 242 g/mol. The van der Waals surface area contributed by atoms with Crippen LogP contribution in [0.25, 0.3) is 0 Å². The minimum absolute atomic E-state index is 0.204. The molecule has 0 aliphatic carbocycles. The maximum absolute atomic E-state index is 3.71. The van der Waals surface area contributed by atoms with Crippen LogP contribution in [0, 0.1) is 18.8 Å². The summed E-state index contributed by atoms with van der Waals surface area (Å²) >= 11 is 0. The lowest BCUT2D eigenvalue weighted by Gasteiger charge is -2.30. The van der Waals surface area contributed by atoms with Gasteiger partial charge in [0.15, 0.2) is 0 Å². The molecule has 0 amide bonds. The van der Waals surface area contributed by atoms with Crippen LogP contribution in [0.3, 0.4) is 0 Å². The first-order valence-electron chi connectivity index (χ1n) is 8.16. The van der Waals surface area contributed by atoms with Crippen molar-refractivity contribution < 1.29 is 0 Å². The molecule has 1 atom stereocenters. The first-order chi connectivity index (χ1) is 9.37. The highest BCUT2D eigenvalue weighted by Crippen LogP contribution is 2.25. The monoisotopic (exact) mass is 275 g/mol. The molecule has 1 aromatic carbocycles. The van der Waals surface area contributed by atoms with Gasteiger partial charge in [-0.25, -0.2) is 0 Å². The Morgan fingerprint density at radius 3 is 2.10 bits per heavy atom. The van der Waals surface area contributed by atoms with Crippen LogP contribution in [0.1, 0.15) is 58.6 Å². The quantitative estimate of drug-likeness (QED) is 0.740. The molecule has 0 aromatic heterocycles. The molecular formula is C19H33N. The second-order valence-electron chi connectivity index (χ2n) is 7.10. The maximum Gasteiger partial charge on any atom is 0.00966 e. The van der Waals surface area contributed by atoms with E-state index in [-0.39, 0.29) is 5.54 Å². The maximum atomic E-state index is 3.71. The predicted octanol–water partition coefficient (Wildman–Crippen LogP) is 4.98. The second kappa shape index (κ2) is 7.83. The highest BCUT2D eigenvalue weighted by molar-refractivity contribution is 5.26. The van der Waals surface area contributed by atoms with E-state index in [4.69, 9.17) is 0 Å². The molecule has 0 heterocycles. The van der Waals surface area contributed by atoms with Gasteiger partial charge in [0, 0.05) is 5.54 Å². The largest absolute Gasteiger partial charge is 0.312 e. The fraction of sp³-hybridized carbons (Fsp3) is 0.684. The van der Waals surface area contributed by atoms with Crippen molar-refractivity contribution in [2.45, 2.75) is 66.3 Å². The van der Waals surface area contributed by atoms with Gasteiger partial charge in [0.05, 0.1) is 0 Å². The average Bonchev–Trinajstić information content (AvgIpc) is 2.38. The lowest BCUT2D eigenvalue weighted by atomic mass is 9.82. The van der Waals surface area contributed by atoms with Crippen LogP contribution in [-0.2, 0) is 6.42 Å². The lowest BCUT2D eigenvalue weighted by molar-refractivity contribution is 0.270. The van der Waals surface area contributed by atoms with Gasteiger partial charge in [-0.15, -0.1) is 0 Å². The molecule has 0 saturated heterocycles. The Kier molecular flexibility index (Phi) is 6.75. The molecule has 1 N–H and O–H groups in total. The number of rotatable bonds is 7. The van der Waals surface area contributed by atoms with E-state index in [0.29, 0.717) is 0 Å². The van der Waals surface area contributed by atoms with Gasteiger partial charge < -0.3 is 5.32 Å². The predicted molar refractivity (Wildman–Crippen MR) is 90.2 cm³/mol. The van der Waals surface area contributed by atoms with Gasteiger partial charge in [-0.3, -0.25) is 0 Å². The van der Waals surface area contributed by atoms with Gasteiger partial charge >= 0.3 is 0 Å². The standard InChI is InChI=1S/C19H33N/c1-7-16(8-2)18(14-20-19(4,5)6)13-17-12-10-9-11-15(17)3/h9-12,16,18,20H,7-8,13-14H2,1-6H3. The molecule has 114 valence electrons. The summed E-state index contributed by atoms with van der Waals surface area (Å²) in [6, 6.07) is 8.83.